The first kappa shape index (κ1) is 23.5. The summed E-state index contributed by atoms with van der Waals surface area (Å²) in [5.74, 6) is 0.135. The van der Waals surface area contributed by atoms with Crippen LogP contribution in [0.3, 0.4) is 0 Å². The lowest BCUT2D eigenvalue weighted by molar-refractivity contribution is -0.122. The van der Waals surface area contributed by atoms with E-state index in [9.17, 15) is 4.79 Å². The van der Waals surface area contributed by atoms with E-state index in [1.807, 2.05) is 105 Å². The minimum Gasteiger partial charge on any atom is -0.378 e. The molecule has 0 atom stereocenters. The van der Waals surface area contributed by atoms with Crippen molar-refractivity contribution < 1.29 is 4.79 Å². The van der Waals surface area contributed by atoms with Gasteiger partial charge in [0.15, 0.2) is 5.84 Å². The van der Waals surface area contributed by atoms with Gasteiger partial charge in [0.2, 0.25) is 0 Å². The molecule has 2 heterocycles. The Morgan fingerprint density at radius 2 is 1.72 bits per heavy atom. The fraction of sp³-hybridized carbons (Fsp3) is 0.103. The second kappa shape index (κ2) is 9.76. The Labute approximate surface area is 214 Å². The molecular weight excluding hydrogens is 470 g/mol. The van der Waals surface area contributed by atoms with E-state index in [4.69, 9.17) is 11.6 Å². The summed E-state index contributed by atoms with van der Waals surface area (Å²) in [4.78, 5) is 24.6. The van der Waals surface area contributed by atoms with Crippen molar-refractivity contribution in [2.45, 2.75) is 6.92 Å². The smallest absolute Gasteiger partial charge is 0.298 e. The maximum absolute atomic E-state index is 13.4. The summed E-state index contributed by atoms with van der Waals surface area (Å²) >= 11 is 6.44. The molecule has 1 aliphatic rings. The lowest BCUT2D eigenvalue weighted by Gasteiger charge is -2.12. The highest BCUT2D eigenvalue weighted by atomic mass is 35.5. The molecular formula is C29H24ClN5O. The Hall–Kier alpha value is -4.29. The van der Waals surface area contributed by atoms with Gasteiger partial charge in [0.1, 0.15) is 10.9 Å². The molecule has 7 heteroatoms. The van der Waals surface area contributed by atoms with Crippen LogP contribution < -0.4 is 4.90 Å². The van der Waals surface area contributed by atoms with Gasteiger partial charge in [0, 0.05) is 36.3 Å². The van der Waals surface area contributed by atoms with Crippen molar-refractivity contribution in [2.75, 3.05) is 19.0 Å². The summed E-state index contributed by atoms with van der Waals surface area (Å²) in [5, 5.41) is 7.09. The van der Waals surface area contributed by atoms with Crippen molar-refractivity contribution >= 4 is 52.2 Å². The second-order valence-corrected chi connectivity index (χ2v) is 9.10. The zero-order chi connectivity index (χ0) is 25.2. The van der Waals surface area contributed by atoms with Crippen LogP contribution in [0.1, 0.15) is 22.3 Å². The fourth-order valence-electron chi connectivity index (χ4n) is 3.91. The van der Waals surface area contributed by atoms with Crippen molar-refractivity contribution in [1.29, 1.82) is 0 Å². The predicted molar refractivity (Wildman–Crippen MR) is 148 cm³/mol. The van der Waals surface area contributed by atoms with Gasteiger partial charge < -0.3 is 4.90 Å². The highest BCUT2D eigenvalue weighted by Gasteiger charge is 2.31. The van der Waals surface area contributed by atoms with Crippen LogP contribution in [-0.4, -0.2) is 42.0 Å². The van der Waals surface area contributed by atoms with Crippen molar-refractivity contribution in [3.05, 3.63) is 112 Å². The average molecular weight is 494 g/mol. The lowest BCUT2D eigenvalue weighted by Crippen LogP contribution is -2.27. The molecule has 0 unspecified atom stereocenters. The fourth-order valence-corrected chi connectivity index (χ4v) is 4.11. The standard InChI is InChI=1S/C29H24ClN5O/c1-19-9-14-25-22(15-19)17-23(27(30)32-25)18-31-35-28(21-7-5-4-6-8-21)33-26(29(35)36)16-20-10-12-24(13-11-20)34(2)3/h4-18H,1-3H3/b26-16-,31-18+. The summed E-state index contributed by atoms with van der Waals surface area (Å²) in [6.45, 7) is 2.02. The Bertz CT molecular complexity index is 1540. The van der Waals surface area contributed by atoms with E-state index >= 15 is 0 Å². The second-order valence-electron chi connectivity index (χ2n) is 8.74. The molecule has 5 rings (SSSR count). The number of hydrogen-bond acceptors (Lipinski definition) is 5. The first-order valence-corrected chi connectivity index (χ1v) is 11.9. The van der Waals surface area contributed by atoms with Gasteiger partial charge in [-0.3, -0.25) is 4.79 Å². The summed E-state index contributed by atoms with van der Waals surface area (Å²) < 4.78 is 0. The Morgan fingerprint density at radius 3 is 2.44 bits per heavy atom. The number of amidine groups is 1. The Kier molecular flexibility index (Phi) is 6.36. The number of fused-ring (bicyclic) bond motifs is 1. The van der Waals surface area contributed by atoms with Gasteiger partial charge in [-0.25, -0.2) is 9.98 Å². The van der Waals surface area contributed by atoms with Gasteiger partial charge in [0.05, 0.1) is 11.7 Å². The molecule has 0 saturated carbocycles. The molecule has 0 saturated heterocycles. The van der Waals surface area contributed by atoms with Crippen molar-refractivity contribution in [2.24, 2.45) is 10.1 Å². The van der Waals surface area contributed by atoms with Crippen LogP contribution in [0.25, 0.3) is 17.0 Å². The van der Waals surface area contributed by atoms with Gasteiger partial charge in [-0.2, -0.15) is 10.1 Å². The molecule has 0 radical (unpaired) electrons. The summed E-state index contributed by atoms with van der Waals surface area (Å²) in [7, 11) is 3.97. The number of rotatable bonds is 5. The highest BCUT2D eigenvalue weighted by Crippen LogP contribution is 2.25. The average Bonchev–Trinajstić information content (AvgIpc) is 3.18. The van der Waals surface area contributed by atoms with Gasteiger partial charge in [-0.05, 0) is 48.9 Å². The molecule has 178 valence electrons. The van der Waals surface area contributed by atoms with Crippen LogP contribution in [0.5, 0.6) is 0 Å². The van der Waals surface area contributed by atoms with Crippen molar-refractivity contribution in [1.82, 2.24) is 9.99 Å². The molecule has 3 aromatic carbocycles. The molecule has 0 fully saturated rings. The van der Waals surface area contributed by atoms with E-state index in [-0.39, 0.29) is 5.91 Å². The molecule has 0 aliphatic carbocycles. The van der Waals surface area contributed by atoms with Gasteiger partial charge in [-0.15, -0.1) is 0 Å². The number of nitrogens with zero attached hydrogens (tertiary/aromatic N) is 5. The number of hydrazone groups is 1. The molecule has 1 aliphatic heterocycles. The van der Waals surface area contributed by atoms with E-state index in [0.717, 1.165) is 33.3 Å². The van der Waals surface area contributed by atoms with Crippen LogP contribution in [0.2, 0.25) is 5.15 Å². The number of aliphatic imine (C=N–C) groups is 1. The number of aromatic nitrogens is 1. The summed E-state index contributed by atoms with van der Waals surface area (Å²) in [6.07, 6.45) is 3.33. The van der Waals surface area contributed by atoms with Gasteiger partial charge in [0.25, 0.3) is 5.91 Å². The van der Waals surface area contributed by atoms with E-state index < -0.39 is 0 Å². The third-order valence-electron chi connectivity index (χ3n) is 5.85. The summed E-state index contributed by atoms with van der Waals surface area (Å²) in [6, 6.07) is 25.3. The van der Waals surface area contributed by atoms with E-state index in [0.29, 0.717) is 22.2 Å². The minimum absolute atomic E-state index is 0.307. The third kappa shape index (κ3) is 4.76. The number of pyridine rings is 1. The number of carbonyl (C=O) groups excluding carboxylic acids is 1. The van der Waals surface area contributed by atoms with Crippen molar-refractivity contribution in [3.63, 3.8) is 0 Å². The van der Waals surface area contributed by atoms with Crippen molar-refractivity contribution in [3.8, 4) is 0 Å². The van der Waals surface area contributed by atoms with Gasteiger partial charge >= 0.3 is 0 Å². The monoisotopic (exact) mass is 493 g/mol. The van der Waals surface area contributed by atoms with Crippen LogP contribution in [0, 0.1) is 6.92 Å². The normalized spacial score (nSPS) is 14.8. The third-order valence-corrected chi connectivity index (χ3v) is 6.15. The van der Waals surface area contributed by atoms with Crippen LogP contribution >= 0.6 is 11.6 Å². The van der Waals surface area contributed by atoms with E-state index in [1.165, 1.54) is 5.01 Å². The molecule has 36 heavy (non-hydrogen) atoms. The zero-order valence-electron chi connectivity index (χ0n) is 20.2. The number of benzene rings is 3. The first-order chi connectivity index (χ1) is 17.4. The molecule has 6 nitrogen and oxygen atoms in total. The molecule has 0 spiro atoms. The first-order valence-electron chi connectivity index (χ1n) is 11.5. The maximum atomic E-state index is 13.4. The molecule has 1 amide bonds. The quantitative estimate of drug-likeness (QED) is 0.197. The molecule has 4 aromatic rings. The summed E-state index contributed by atoms with van der Waals surface area (Å²) in [5.41, 5.74) is 5.59. The number of carbonyl (C=O) groups is 1. The number of amides is 1. The van der Waals surface area contributed by atoms with Gasteiger partial charge in [-0.1, -0.05) is 65.7 Å². The largest absolute Gasteiger partial charge is 0.378 e. The Morgan fingerprint density at radius 1 is 0.972 bits per heavy atom. The van der Waals surface area contributed by atoms with Crippen LogP contribution in [-0.2, 0) is 4.79 Å². The topological polar surface area (TPSA) is 61.2 Å². The maximum Gasteiger partial charge on any atom is 0.298 e. The van der Waals surface area contributed by atoms with Crippen LogP contribution in [0.4, 0.5) is 5.69 Å². The highest BCUT2D eigenvalue weighted by molar-refractivity contribution is 6.32. The predicted octanol–water partition coefficient (Wildman–Crippen LogP) is 5.93. The lowest BCUT2D eigenvalue weighted by atomic mass is 10.1. The SMILES string of the molecule is Cc1ccc2nc(Cl)c(/C=N/N3C(=O)/C(=C/c4ccc(N(C)C)cc4)N=C3c3ccccc3)cc2c1. The van der Waals surface area contributed by atoms with E-state index in [2.05, 4.69) is 15.1 Å². The number of anilines is 1. The number of halogens is 1. The number of aryl methyl sites for hydroxylation is 1. The van der Waals surface area contributed by atoms with E-state index in [1.54, 1.807) is 12.3 Å². The zero-order valence-corrected chi connectivity index (χ0v) is 20.9. The Balaban J connectivity index is 1.52. The molecule has 1 aromatic heterocycles. The minimum atomic E-state index is -0.317. The number of hydrogen-bond donors (Lipinski definition) is 0. The molecule has 0 N–H and O–H groups in total. The molecule has 0 bridgehead atoms. The van der Waals surface area contributed by atoms with Crippen LogP contribution in [0.15, 0.2) is 94.7 Å².